The van der Waals surface area contributed by atoms with E-state index in [1.54, 1.807) is 35.2 Å². The third-order valence-electron chi connectivity index (χ3n) is 4.36. The number of nitrogens with zero attached hydrogens (tertiary/aromatic N) is 1. The number of anilines is 1. The number of nitrogens with one attached hydrogen (secondary N) is 1. The maximum atomic E-state index is 13.0. The first-order chi connectivity index (χ1) is 13.5. The molecule has 0 bridgehead atoms. The van der Waals surface area contributed by atoms with E-state index >= 15 is 0 Å². The number of methoxy groups -OCH3 is 2. The van der Waals surface area contributed by atoms with Crippen molar-refractivity contribution in [3.05, 3.63) is 48.0 Å². The molecule has 1 fully saturated rings. The van der Waals surface area contributed by atoms with Gasteiger partial charge in [0, 0.05) is 19.2 Å². The summed E-state index contributed by atoms with van der Waals surface area (Å²) in [7, 11) is -1.19. The molecule has 0 spiro atoms. The number of hydrogen-bond donors (Lipinski definition) is 1. The Bertz CT molecular complexity index is 955. The Hall–Kier alpha value is -2.78. The van der Waals surface area contributed by atoms with E-state index in [1.807, 2.05) is 0 Å². The average molecular weight is 406 g/mol. The molecule has 0 unspecified atom stereocenters. The van der Waals surface area contributed by atoms with Crippen LogP contribution in [0.4, 0.5) is 5.69 Å². The standard InChI is InChI=1S/C19H22N2O6S/c1-25-14-7-8-17(26-2)18(13-14)28(23,24)20-16-6-4-3-5-15(16)19(22)21-9-11-27-12-10-21/h3-8,13,20H,9-12H2,1-2H3. The number of carbonyl (C=O) groups is 1. The summed E-state index contributed by atoms with van der Waals surface area (Å²) in [5.74, 6) is 0.295. The normalized spacial score (nSPS) is 14.4. The molecule has 2 aromatic carbocycles. The third kappa shape index (κ3) is 4.20. The third-order valence-corrected chi connectivity index (χ3v) is 5.75. The highest BCUT2D eigenvalue weighted by Gasteiger charge is 2.25. The second-order valence-corrected chi connectivity index (χ2v) is 7.72. The zero-order valence-corrected chi connectivity index (χ0v) is 16.5. The van der Waals surface area contributed by atoms with Crippen molar-refractivity contribution in [1.29, 1.82) is 0 Å². The van der Waals surface area contributed by atoms with Gasteiger partial charge in [-0.1, -0.05) is 12.1 Å². The SMILES string of the molecule is COc1ccc(OC)c(S(=O)(=O)Nc2ccccc2C(=O)N2CCOCC2)c1. The summed E-state index contributed by atoms with van der Waals surface area (Å²) in [6.45, 7) is 1.84. The average Bonchev–Trinajstić information content (AvgIpc) is 2.73. The highest BCUT2D eigenvalue weighted by atomic mass is 32.2. The highest BCUT2D eigenvalue weighted by Crippen LogP contribution is 2.30. The minimum Gasteiger partial charge on any atom is -0.497 e. The Balaban J connectivity index is 1.94. The molecule has 1 aliphatic rings. The molecule has 8 nitrogen and oxygen atoms in total. The first-order valence-electron chi connectivity index (χ1n) is 8.67. The van der Waals surface area contributed by atoms with Crippen LogP contribution in [-0.2, 0) is 14.8 Å². The van der Waals surface area contributed by atoms with Gasteiger partial charge in [0.25, 0.3) is 15.9 Å². The number of carbonyl (C=O) groups excluding carboxylic acids is 1. The molecule has 0 saturated carbocycles. The van der Waals surface area contributed by atoms with Crippen LogP contribution in [0.1, 0.15) is 10.4 Å². The molecule has 1 saturated heterocycles. The smallest absolute Gasteiger partial charge is 0.265 e. The molecule has 28 heavy (non-hydrogen) atoms. The number of para-hydroxylation sites is 1. The first kappa shape index (κ1) is 20.0. The van der Waals surface area contributed by atoms with Crippen molar-refractivity contribution < 1.29 is 27.4 Å². The topological polar surface area (TPSA) is 94.2 Å². The van der Waals surface area contributed by atoms with Gasteiger partial charge in [-0.3, -0.25) is 9.52 Å². The fraction of sp³-hybridized carbons (Fsp3) is 0.316. The van der Waals surface area contributed by atoms with Gasteiger partial charge < -0.3 is 19.1 Å². The van der Waals surface area contributed by atoms with E-state index in [0.717, 1.165) is 0 Å². The lowest BCUT2D eigenvalue weighted by atomic mass is 10.1. The maximum absolute atomic E-state index is 13.0. The summed E-state index contributed by atoms with van der Waals surface area (Å²) in [5, 5.41) is 0. The van der Waals surface area contributed by atoms with Crippen molar-refractivity contribution in [3.63, 3.8) is 0 Å². The van der Waals surface area contributed by atoms with Crippen molar-refractivity contribution in [1.82, 2.24) is 4.90 Å². The van der Waals surface area contributed by atoms with Crippen LogP contribution in [0.25, 0.3) is 0 Å². The Kier molecular flexibility index (Phi) is 6.05. The number of benzene rings is 2. The number of rotatable bonds is 6. The molecule has 150 valence electrons. The summed E-state index contributed by atoms with van der Waals surface area (Å²) in [4.78, 5) is 14.4. The molecular formula is C19H22N2O6S. The molecule has 1 amide bonds. The summed E-state index contributed by atoms with van der Waals surface area (Å²) in [6, 6.07) is 11.0. The Morgan fingerprint density at radius 3 is 2.46 bits per heavy atom. The van der Waals surface area contributed by atoms with Crippen LogP contribution in [0.15, 0.2) is 47.4 Å². The van der Waals surface area contributed by atoms with Gasteiger partial charge in [-0.05, 0) is 24.3 Å². The van der Waals surface area contributed by atoms with Gasteiger partial charge >= 0.3 is 0 Å². The van der Waals surface area contributed by atoms with Crippen molar-refractivity contribution >= 4 is 21.6 Å². The predicted molar refractivity (Wildman–Crippen MR) is 104 cm³/mol. The van der Waals surface area contributed by atoms with E-state index in [-0.39, 0.29) is 27.8 Å². The van der Waals surface area contributed by atoms with E-state index in [0.29, 0.717) is 32.1 Å². The van der Waals surface area contributed by atoms with Crippen LogP contribution in [0.5, 0.6) is 11.5 Å². The number of morpholine rings is 1. The lowest BCUT2D eigenvalue weighted by Gasteiger charge is -2.27. The molecule has 2 aromatic rings. The minimum atomic E-state index is -4.03. The number of sulfonamides is 1. The predicted octanol–water partition coefficient (Wildman–Crippen LogP) is 1.98. The lowest BCUT2D eigenvalue weighted by molar-refractivity contribution is 0.0303. The summed E-state index contributed by atoms with van der Waals surface area (Å²) >= 11 is 0. The Morgan fingerprint density at radius 1 is 1.07 bits per heavy atom. The molecule has 0 aliphatic carbocycles. The summed E-state index contributed by atoms with van der Waals surface area (Å²) < 4.78 is 44.1. The fourth-order valence-corrected chi connectivity index (χ4v) is 4.15. The largest absolute Gasteiger partial charge is 0.497 e. The van der Waals surface area contributed by atoms with E-state index in [4.69, 9.17) is 14.2 Å². The van der Waals surface area contributed by atoms with Crippen LogP contribution in [0.3, 0.4) is 0 Å². The van der Waals surface area contributed by atoms with Crippen molar-refractivity contribution in [2.75, 3.05) is 45.2 Å². The first-order valence-corrected chi connectivity index (χ1v) is 10.2. The lowest BCUT2D eigenvalue weighted by Crippen LogP contribution is -2.41. The van der Waals surface area contributed by atoms with E-state index in [9.17, 15) is 13.2 Å². The number of ether oxygens (including phenoxy) is 3. The second-order valence-electron chi connectivity index (χ2n) is 6.07. The van der Waals surface area contributed by atoms with E-state index in [2.05, 4.69) is 4.72 Å². The van der Waals surface area contributed by atoms with Gasteiger partial charge in [-0.2, -0.15) is 0 Å². The van der Waals surface area contributed by atoms with Crippen LogP contribution >= 0.6 is 0 Å². The molecular weight excluding hydrogens is 384 g/mol. The van der Waals surface area contributed by atoms with E-state index in [1.165, 1.54) is 26.4 Å². The van der Waals surface area contributed by atoms with Gasteiger partial charge in [0.1, 0.15) is 16.4 Å². The Morgan fingerprint density at radius 2 is 1.79 bits per heavy atom. The van der Waals surface area contributed by atoms with Gasteiger partial charge in [0.05, 0.1) is 38.7 Å². The van der Waals surface area contributed by atoms with Crippen LogP contribution in [0.2, 0.25) is 0 Å². The molecule has 0 aromatic heterocycles. The zero-order valence-electron chi connectivity index (χ0n) is 15.7. The number of amides is 1. The molecule has 9 heteroatoms. The molecule has 0 radical (unpaired) electrons. The van der Waals surface area contributed by atoms with E-state index < -0.39 is 10.0 Å². The fourth-order valence-electron chi connectivity index (χ4n) is 2.89. The minimum absolute atomic E-state index is 0.0806. The van der Waals surface area contributed by atoms with Gasteiger partial charge in [0.15, 0.2) is 0 Å². The zero-order chi connectivity index (χ0) is 20.1. The number of hydrogen-bond acceptors (Lipinski definition) is 6. The van der Waals surface area contributed by atoms with Crippen molar-refractivity contribution in [3.8, 4) is 11.5 Å². The molecule has 1 N–H and O–H groups in total. The van der Waals surface area contributed by atoms with Gasteiger partial charge in [-0.25, -0.2) is 8.42 Å². The summed E-state index contributed by atoms with van der Waals surface area (Å²) in [6.07, 6.45) is 0. The summed E-state index contributed by atoms with van der Waals surface area (Å²) in [5.41, 5.74) is 0.471. The molecule has 1 aliphatic heterocycles. The van der Waals surface area contributed by atoms with Crippen molar-refractivity contribution in [2.45, 2.75) is 4.90 Å². The Labute approximate surface area is 164 Å². The molecule has 0 atom stereocenters. The monoisotopic (exact) mass is 406 g/mol. The van der Waals surface area contributed by atoms with Gasteiger partial charge in [-0.15, -0.1) is 0 Å². The van der Waals surface area contributed by atoms with Crippen LogP contribution in [-0.4, -0.2) is 59.7 Å². The van der Waals surface area contributed by atoms with Gasteiger partial charge in [0.2, 0.25) is 0 Å². The molecule has 3 rings (SSSR count). The van der Waals surface area contributed by atoms with Crippen LogP contribution in [0, 0.1) is 0 Å². The van der Waals surface area contributed by atoms with Crippen molar-refractivity contribution in [2.24, 2.45) is 0 Å². The molecule has 1 heterocycles. The second kappa shape index (κ2) is 8.49. The highest BCUT2D eigenvalue weighted by molar-refractivity contribution is 7.92. The quantitative estimate of drug-likeness (QED) is 0.788. The maximum Gasteiger partial charge on any atom is 0.265 e. The van der Waals surface area contributed by atoms with Crippen LogP contribution < -0.4 is 14.2 Å².